The van der Waals surface area contributed by atoms with Crippen LogP contribution in [0.5, 0.6) is 0 Å². The fourth-order valence-corrected chi connectivity index (χ4v) is 3.22. The van der Waals surface area contributed by atoms with Gasteiger partial charge in [-0.15, -0.1) is 0 Å². The predicted octanol–water partition coefficient (Wildman–Crippen LogP) is 3.46. The van der Waals surface area contributed by atoms with Crippen LogP contribution in [0.3, 0.4) is 0 Å². The fraction of sp³-hybridized carbons (Fsp3) is 0.429. The molecule has 1 aromatic carbocycles. The number of guanidine groups is 1. The topological polar surface area (TPSA) is 70.0 Å². The summed E-state index contributed by atoms with van der Waals surface area (Å²) in [5, 5.41) is 7.70. The number of hydrogen-bond donors (Lipinski definition) is 3. The smallest absolute Gasteiger partial charge is 0.191 e. The van der Waals surface area contributed by atoms with E-state index < -0.39 is 0 Å². The first-order chi connectivity index (χ1) is 13.6. The Bertz CT molecular complexity index is 924. The molecule has 3 aromatic rings. The molecule has 0 fully saturated rings. The molecule has 0 amide bonds. The molecule has 0 spiro atoms. The van der Waals surface area contributed by atoms with Gasteiger partial charge < -0.3 is 20.2 Å². The molecule has 2 aromatic heterocycles. The second kappa shape index (κ2) is 9.39. The summed E-state index contributed by atoms with van der Waals surface area (Å²) in [5.41, 5.74) is 1.98. The molecule has 0 radical (unpaired) electrons. The second-order valence-electron chi connectivity index (χ2n) is 7.27. The van der Waals surface area contributed by atoms with Gasteiger partial charge in [0, 0.05) is 49.1 Å². The Balaban J connectivity index is 1.59. The Hall–Kier alpha value is -2.83. The lowest BCUT2D eigenvalue weighted by Gasteiger charge is -2.12. The van der Waals surface area contributed by atoms with E-state index in [-0.39, 0.29) is 5.82 Å². The van der Waals surface area contributed by atoms with Crippen LogP contribution in [0, 0.1) is 11.7 Å². The van der Waals surface area contributed by atoms with Crippen molar-refractivity contribution in [2.75, 3.05) is 13.1 Å². The lowest BCUT2D eigenvalue weighted by atomic mass is 10.1. The minimum Gasteiger partial charge on any atom is -0.361 e. The normalized spacial score (nSPS) is 12.1. The van der Waals surface area contributed by atoms with Crippen molar-refractivity contribution in [3.8, 4) is 0 Å². The molecule has 0 unspecified atom stereocenters. The van der Waals surface area contributed by atoms with E-state index in [0.717, 1.165) is 54.3 Å². The van der Waals surface area contributed by atoms with Crippen LogP contribution in [-0.4, -0.2) is 33.6 Å². The quantitative estimate of drug-likeness (QED) is 0.411. The number of halogens is 1. The number of aliphatic imine (C=N–C) groups is 1. The molecule has 0 saturated heterocycles. The van der Waals surface area contributed by atoms with Gasteiger partial charge in [-0.05, 0) is 43.0 Å². The highest BCUT2D eigenvalue weighted by molar-refractivity contribution is 5.83. The first kappa shape index (κ1) is 19.9. The molecule has 0 saturated carbocycles. The van der Waals surface area contributed by atoms with Gasteiger partial charge in [0.1, 0.15) is 18.2 Å². The number of fused-ring (bicyclic) bond motifs is 1. The lowest BCUT2D eigenvalue weighted by Crippen LogP contribution is -2.38. The molecule has 2 heterocycles. The van der Waals surface area contributed by atoms with Gasteiger partial charge in [-0.1, -0.05) is 13.8 Å². The van der Waals surface area contributed by atoms with Crippen LogP contribution in [-0.2, 0) is 19.5 Å². The maximum atomic E-state index is 13.3. The minimum atomic E-state index is -0.226. The minimum absolute atomic E-state index is 0.226. The molecular weight excluding hydrogens is 355 g/mol. The highest BCUT2D eigenvalue weighted by Crippen LogP contribution is 2.19. The van der Waals surface area contributed by atoms with Crippen molar-refractivity contribution >= 4 is 16.9 Å². The van der Waals surface area contributed by atoms with Gasteiger partial charge in [-0.2, -0.15) is 0 Å². The lowest BCUT2D eigenvalue weighted by molar-refractivity contribution is 0.507. The second-order valence-corrected chi connectivity index (χ2v) is 7.27. The third-order valence-electron chi connectivity index (χ3n) is 4.50. The molecule has 0 aliphatic rings. The molecule has 3 rings (SSSR count). The number of H-pyrrole nitrogens is 1. The summed E-state index contributed by atoms with van der Waals surface area (Å²) < 4.78 is 15.5. The van der Waals surface area contributed by atoms with Crippen LogP contribution < -0.4 is 10.6 Å². The zero-order chi connectivity index (χ0) is 19.9. The van der Waals surface area contributed by atoms with E-state index in [0.29, 0.717) is 12.5 Å². The van der Waals surface area contributed by atoms with Crippen LogP contribution in [0.25, 0.3) is 10.9 Å². The summed E-state index contributed by atoms with van der Waals surface area (Å²) in [6.07, 6.45) is 6.59. The van der Waals surface area contributed by atoms with Gasteiger partial charge in [0.25, 0.3) is 0 Å². The summed E-state index contributed by atoms with van der Waals surface area (Å²) in [6, 6.07) is 4.85. The van der Waals surface area contributed by atoms with Crippen molar-refractivity contribution in [1.82, 2.24) is 25.2 Å². The van der Waals surface area contributed by atoms with E-state index in [9.17, 15) is 4.39 Å². The highest BCUT2D eigenvalue weighted by atomic mass is 19.1. The van der Waals surface area contributed by atoms with Crippen molar-refractivity contribution in [2.45, 2.75) is 40.3 Å². The average Bonchev–Trinajstić information content (AvgIpc) is 3.25. The van der Waals surface area contributed by atoms with Crippen molar-refractivity contribution in [2.24, 2.45) is 10.9 Å². The molecule has 0 aliphatic carbocycles. The number of nitrogens with one attached hydrogen (secondary N) is 3. The predicted molar refractivity (Wildman–Crippen MR) is 112 cm³/mol. The maximum Gasteiger partial charge on any atom is 0.191 e. The number of benzene rings is 1. The number of hydrogen-bond acceptors (Lipinski definition) is 2. The first-order valence-electron chi connectivity index (χ1n) is 9.84. The van der Waals surface area contributed by atoms with Crippen LogP contribution in [0.15, 0.2) is 41.8 Å². The Morgan fingerprint density at radius 2 is 2.18 bits per heavy atom. The summed E-state index contributed by atoms with van der Waals surface area (Å²) >= 11 is 0. The zero-order valence-electron chi connectivity index (χ0n) is 16.8. The van der Waals surface area contributed by atoms with Crippen molar-refractivity contribution in [3.63, 3.8) is 0 Å². The van der Waals surface area contributed by atoms with Gasteiger partial charge in [-0.3, -0.25) is 0 Å². The summed E-state index contributed by atoms with van der Waals surface area (Å²) in [6.45, 7) is 9.42. The Labute approximate surface area is 165 Å². The molecular formula is C21H29FN6. The van der Waals surface area contributed by atoms with Crippen LogP contribution in [0.1, 0.15) is 32.2 Å². The third kappa shape index (κ3) is 5.12. The number of nitrogens with zero attached hydrogens (tertiary/aromatic N) is 3. The van der Waals surface area contributed by atoms with Gasteiger partial charge in [0.15, 0.2) is 5.96 Å². The Morgan fingerprint density at radius 3 is 2.96 bits per heavy atom. The van der Waals surface area contributed by atoms with E-state index >= 15 is 0 Å². The van der Waals surface area contributed by atoms with Gasteiger partial charge in [0.2, 0.25) is 0 Å². The highest BCUT2D eigenvalue weighted by Gasteiger charge is 2.07. The maximum absolute atomic E-state index is 13.3. The van der Waals surface area contributed by atoms with E-state index in [2.05, 4.69) is 44.0 Å². The summed E-state index contributed by atoms with van der Waals surface area (Å²) in [7, 11) is 0. The van der Waals surface area contributed by atoms with Crippen molar-refractivity contribution < 1.29 is 4.39 Å². The molecule has 28 heavy (non-hydrogen) atoms. The monoisotopic (exact) mass is 384 g/mol. The standard InChI is InChI=1S/C21H29FN6/c1-4-23-21(27-13-20-24-9-10-28(20)14-15(2)3)25-8-7-16-12-26-19-11-17(22)5-6-18(16)19/h5-6,9-12,15,26H,4,7-8,13-14H2,1-3H3,(H2,23,25,27). The molecule has 3 N–H and O–H groups in total. The zero-order valence-corrected chi connectivity index (χ0v) is 16.8. The molecule has 0 atom stereocenters. The van der Waals surface area contributed by atoms with E-state index in [1.54, 1.807) is 0 Å². The van der Waals surface area contributed by atoms with Gasteiger partial charge >= 0.3 is 0 Å². The molecule has 6 nitrogen and oxygen atoms in total. The van der Waals surface area contributed by atoms with Gasteiger partial charge in [0.05, 0.1) is 0 Å². The SMILES string of the molecule is CCNC(=NCc1nccn1CC(C)C)NCCc1c[nH]c2cc(F)ccc12. The van der Waals surface area contributed by atoms with Crippen molar-refractivity contribution in [1.29, 1.82) is 0 Å². The third-order valence-corrected chi connectivity index (χ3v) is 4.50. The number of aromatic amines is 1. The first-order valence-corrected chi connectivity index (χ1v) is 9.84. The number of aromatic nitrogens is 3. The molecule has 0 aliphatic heterocycles. The summed E-state index contributed by atoms with van der Waals surface area (Å²) in [5.74, 6) is 2.07. The number of imidazole rings is 1. The molecule has 150 valence electrons. The number of rotatable bonds is 8. The van der Waals surface area contributed by atoms with Gasteiger partial charge in [-0.25, -0.2) is 14.4 Å². The van der Waals surface area contributed by atoms with E-state index in [1.165, 1.54) is 12.1 Å². The van der Waals surface area contributed by atoms with Crippen LogP contribution in [0.4, 0.5) is 4.39 Å². The largest absolute Gasteiger partial charge is 0.361 e. The molecule has 0 bridgehead atoms. The Morgan fingerprint density at radius 1 is 1.32 bits per heavy atom. The molecule has 7 heteroatoms. The Kier molecular flexibility index (Phi) is 6.68. The van der Waals surface area contributed by atoms with Crippen LogP contribution in [0.2, 0.25) is 0 Å². The average molecular weight is 385 g/mol. The fourth-order valence-electron chi connectivity index (χ4n) is 3.22. The van der Waals surface area contributed by atoms with E-state index in [4.69, 9.17) is 0 Å². The summed E-state index contributed by atoms with van der Waals surface area (Å²) in [4.78, 5) is 12.2. The van der Waals surface area contributed by atoms with Crippen molar-refractivity contribution in [3.05, 3.63) is 54.0 Å². The van der Waals surface area contributed by atoms with Crippen LogP contribution >= 0.6 is 0 Å². The van der Waals surface area contributed by atoms with E-state index in [1.807, 2.05) is 31.6 Å².